The van der Waals surface area contributed by atoms with Crippen molar-refractivity contribution in [2.24, 2.45) is 5.92 Å². The second-order valence-corrected chi connectivity index (χ2v) is 5.63. The molecule has 0 aliphatic carbocycles. The fourth-order valence-corrected chi connectivity index (χ4v) is 1.79. The molecular formula is C14H17ClFNO3. The maximum Gasteiger partial charge on any atom is 0.305 e. The molecule has 1 atom stereocenters. The first-order valence-corrected chi connectivity index (χ1v) is 6.53. The second-order valence-electron chi connectivity index (χ2n) is 5.23. The molecule has 0 bridgehead atoms. The minimum absolute atomic E-state index is 0.0706. The minimum atomic E-state index is -1.01. The Morgan fingerprint density at radius 3 is 2.50 bits per heavy atom. The number of carbonyl (C=O) groups excluding carboxylic acids is 1. The number of rotatable bonds is 5. The molecule has 1 aromatic rings. The Morgan fingerprint density at radius 2 is 2.05 bits per heavy atom. The molecule has 1 rings (SSSR count). The molecule has 1 unspecified atom stereocenters. The molecule has 0 aromatic heterocycles. The number of nitrogens with one attached hydrogen (secondary N) is 1. The zero-order valence-electron chi connectivity index (χ0n) is 11.5. The standard InChI is InChI=1S/C14H17ClFNO3/c1-8(2)14(3,7-12(18)19)17-13(20)9-4-5-10(15)11(16)6-9/h4-6,8H,7H2,1-3H3,(H,17,20)(H,18,19). The third kappa shape index (κ3) is 3.93. The first-order valence-electron chi connectivity index (χ1n) is 6.15. The third-order valence-corrected chi connectivity index (χ3v) is 3.68. The van der Waals surface area contributed by atoms with Crippen LogP contribution >= 0.6 is 11.6 Å². The molecule has 0 spiro atoms. The monoisotopic (exact) mass is 301 g/mol. The zero-order chi connectivity index (χ0) is 15.5. The van der Waals surface area contributed by atoms with E-state index in [9.17, 15) is 14.0 Å². The van der Waals surface area contributed by atoms with Crippen molar-refractivity contribution in [3.63, 3.8) is 0 Å². The molecule has 0 fully saturated rings. The van der Waals surface area contributed by atoms with Gasteiger partial charge in [-0.25, -0.2) is 4.39 Å². The van der Waals surface area contributed by atoms with E-state index in [0.29, 0.717) is 0 Å². The molecule has 0 saturated heterocycles. The fraction of sp³-hybridized carbons (Fsp3) is 0.429. The minimum Gasteiger partial charge on any atom is -0.481 e. The summed E-state index contributed by atoms with van der Waals surface area (Å²) in [6.45, 7) is 5.27. The van der Waals surface area contributed by atoms with Crippen LogP contribution in [0.2, 0.25) is 5.02 Å². The largest absolute Gasteiger partial charge is 0.481 e. The van der Waals surface area contributed by atoms with Crippen LogP contribution in [0.4, 0.5) is 4.39 Å². The van der Waals surface area contributed by atoms with Crippen LogP contribution in [0.25, 0.3) is 0 Å². The van der Waals surface area contributed by atoms with Crippen molar-refractivity contribution < 1.29 is 19.1 Å². The van der Waals surface area contributed by atoms with Gasteiger partial charge in [0.1, 0.15) is 5.82 Å². The molecule has 0 aliphatic heterocycles. The Bertz CT molecular complexity index is 533. The summed E-state index contributed by atoms with van der Waals surface area (Å²) in [5.41, 5.74) is -0.817. The first kappa shape index (κ1) is 16.4. The second kappa shape index (κ2) is 6.22. The first-order chi connectivity index (χ1) is 9.15. The molecule has 6 heteroatoms. The van der Waals surface area contributed by atoms with Gasteiger partial charge in [-0.15, -0.1) is 0 Å². The highest BCUT2D eigenvalue weighted by molar-refractivity contribution is 6.30. The van der Waals surface area contributed by atoms with E-state index in [1.165, 1.54) is 12.1 Å². The van der Waals surface area contributed by atoms with Crippen molar-refractivity contribution in [1.29, 1.82) is 0 Å². The van der Waals surface area contributed by atoms with Gasteiger partial charge in [0.25, 0.3) is 5.91 Å². The van der Waals surface area contributed by atoms with E-state index in [1.54, 1.807) is 6.92 Å². The summed E-state index contributed by atoms with van der Waals surface area (Å²) in [5.74, 6) is -2.33. The summed E-state index contributed by atoms with van der Waals surface area (Å²) < 4.78 is 13.3. The van der Waals surface area contributed by atoms with Gasteiger partial charge in [0.05, 0.1) is 17.0 Å². The lowest BCUT2D eigenvalue weighted by atomic mass is 9.85. The molecule has 2 N–H and O–H groups in total. The molecule has 1 amide bonds. The van der Waals surface area contributed by atoms with E-state index in [0.717, 1.165) is 6.07 Å². The zero-order valence-corrected chi connectivity index (χ0v) is 12.3. The molecular weight excluding hydrogens is 285 g/mol. The van der Waals surface area contributed by atoms with Crippen LogP contribution in [-0.2, 0) is 4.79 Å². The number of benzene rings is 1. The quantitative estimate of drug-likeness (QED) is 0.878. The van der Waals surface area contributed by atoms with Crippen molar-refractivity contribution in [3.05, 3.63) is 34.6 Å². The van der Waals surface area contributed by atoms with Crippen LogP contribution in [0.3, 0.4) is 0 Å². The summed E-state index contributed by atoms with van der Waals surface area (Å²) in [4.78, 5) is 23.0. The molecule has 20 heavy (non-hydrogen) atoms. The third-order valence-electron chi connectivity index (χ3n) is 3.37. The molecule has 4 nitrogen and oxygen atoms in total. The smallest absolute Gasteiger partial charge is 0.305 e. The van der Waals surface area contributed by atoms with Crippen LogP contribution in [0.1, 0.15) is 37.6 Å². The molecule has 0 saturated carbocycles. The maximum absolute atomic E-state index is 13.3. The Hall–Kier alpha value is -1.62. The Labute approximate surface area is 121 Å². The number of carboxylic acids is 1. The molecule has 0 heterocycles. The summed E-state index contributed by atoms with van der Waals surface area (Å²) in [5, 5.41) is 11.5. The van der Waals surface area contributed by atoms with Gasteiger partial charge in [-0.1, -0.05) is 25.4 Å². The van der Waals surface area contributed by atoms with Gasteiger partial charge in [-0.05, 0) is 31.0 Å². The van der Waals surface area contributed by atoms with E-state index < -0.39 is 23.2 Å². The highest BCUT2D eigenvalue weighted by atomic mass is 35.5. The van der Waals surface area contributed by atoms with E-state index in [-0.39, 0.29) is 22.9 Å². The van der Waals surface area contributed by atoms with Gasteiger partial charge in [0.2, 0.25) is 0 Å². The Morgan fingerprint density at radius 1 is 1.45 bits per heavy atom. The molecule has 110 valence electrons. The van der Waals surface area contributed by atoms with E-state index in [2.05, 4.69) is 5.32 Å². The summed E-state index contributed by atoms with van der Waals surface area (Å²) >= 11 is 5.55. The number of amides is 1. The summed E-state index contributed by atoms with van der Waals surface area (Å²) in [7, 11) is 0. The van der Waals surface area contributed by atoms with Crippen molar-refractivity contribution >= 4 is 23.5 Å². The topological polar surface area (TPSA) is 66.4 Å². The van der Waals surface area contributed by atoms with Crippen molar-refractivity contribution in [1.82, 2.24) is 5.32 Å². The Kier molecular flexibility index (Phi) is 5.11. The van der Waals surface area contributed by atoms with Crippen LogP contribution in [0, 0.1) is 11.7 Å². The van der Waals surface area contributed by atoms with Gasteiger partial charge < -0.3 is 10.4 Å². The van der Waals surface area contributed by atoms with Gasteiger partial charge in [-0.2, -0.15) is 0 Å². The molecule has 0 aliphatic rings. The van der Waals surface area contributed by atoms with Gasteiger partial charge in [0, 0.05) is 5.56 Å². The van der Waals surface area contributed by atoms with Crippen LogP contribution in [0.15, 0.2) is 18.2 Å². The van der Waals surface area contributed by atoms with Crippen molar-refractivity contribution in [3.8, 4) is 0 Å². The lowest BCUT2D eigenvalue weighted by molar-refractivity contribution is -0.138. The SMILES string of the molecule is CC(C)C(C)(CC(=O)O)NC(=O)c1ccc(Cl)c(F)c1. The molecule has 1 aromatic carbocycles. The number of carbonyl (C=O) groups is 2. The Balaban J connectivity index is 2.96. The van der Waals surface area contributed by atoms with E-state index >= 15 is 0 Å². The summed E-state index contributed by atoms with van der Waals surface area (Å²) in [6, 6.07) is 3.71. The fourth-order valence-electron chi connectivity index (χ4n) is 1.68. The molecule has 0 radical (unpaired) electrons. The van der Waals surface area contributed by atoms with Gasteiger partial charge in [0.15, 0.2) is 0 Å². The van der Waals surface area contributed by atoms with E-state index in [4.69, 9.17) is 16.7 Å². The number of hydrogen-bond acceptors (Lipinski definition) is 2. The highest BCUT2D eigenvalue weighted by Gasteiger charge is 2.33. The van der Waals surface area contributed by atoms with Crippen LogP contribution < -0.4 is 5.32 Å². The van der Waals surface area contributed by atoms with Gasteiger partial charge in [-0.3, -0.25) is 9.59 Å². The van der Waals surface area contributed by atoms with E-state index in [1.807, 2.05) is 13.8 Å². The predicted octanol–water partition coefficient (Wildman–Crippen LogP) is 3.10. The lowest BCUT2D eigenvalue weighted by Crippen LogP contribution is -2.51. The summed E-state index contributed by atoms with van der Waals surface area (Å²) in [6.07, 6.45) is -0.216. The normalized spacial score (nSPS) is 13.9. The number of carboxylic acid groups (broad SMARTS) is 1. The average Bonchev–Trinajstić information content (AvgIpc) is 2.31. The van der Waals surface area contributed by atoms with Crippen molar-refractivity contribution in [2.75, 3.05) is 0 Å². The predicted molar refractivity (Wildman–Crippen MR) is 74.4 cm³/mol. The number of halogens is 2. The lowest BCUT2D eigenvalue weighted by Gasteiger charge is -2.33. The van der Waals surface area contributed by atoms with Gasteiger partial charge >= 0.3 is 5.97 Å². The van der Waals surface area contributed by atoms with Crippen LogP contribution in [-0.4, -0.2) is 22.5 Å². The maximum atomic E-state index is 13.3. The highest BCUT2D eigenvalue weighted by Crippen LogP contribution is 2.22. The van der Waals surface area contributed by atoms with Crippen molar-refractivity contribution in [2.45, 2.75) is 32.7 Å². The number of hydrogen-bond donors (Lipinski definition) is 2. The average molecular weight is 302 g/mol. The number of aliphatic carboxylic acids is 1. The van der Waals surface area contributed by atoms with Crippen LogP contribution in [0.5, 0.6) is 0 Å².